The van der Waals surface area contributed by atoms with Gasteiger partial charge in [-0.25, -0.2) is 4.68 Å². The van der Waals surface area contributed by atoms with E-state index in [1.807, 2.05) is 0 Å². The van der Waals surface area contributed by atoms with Gasteiger partial charge in [0, 0.05) is 25.2 Å². The van der Waals surface area contributed by atoms with Gasteiger partial charge in [0.05, 0.1) is 0 Å². The highest BCUT2D eigenvalue weighted by Gasteiger charge is 2.27. The Hall–Kier alpha value is -0.510. The Morgan fingerprint density at radius 3 is 2.92 bits per heavy atom. The van der Waals surface area contributed by atoms with Crippen molar-refractivity contribution in [1.29, 1.82) is 0 Å². The number of aryl methyl sites for hydroxylation is 1. The summed E-state index contributed by atoms with van der Waals surface area (Å²) in [6, 6.07) is 0. The first kappa shape index (κ1) is 7.85. The summed E-state index contributed by atoms with van der Waals surface area (Å²) in [5.74, 6) is 1.38. The van der Waals surface area contributed by atoms with Crippen molar-refractivity contribution in [3.8, 4) is 0 Å². The van der Waals surface area contributed by atoms with Crippen molar-refractivity contribution in [2.45, 2.75) is 25.8 Å². The third-order valence-corrected chi connectivity index (χ3v) is 3.56. The molecule has 0 fully saturated rings. The largest absolute Gasteiger partial charge is 0.356 e. The summed E-state index contributed by atoms with van der Waals surface area (Å²) < 4.78 is 3.22. The molecular formula is C9H12BrN3. The van der Waals surface area contributed by atoms with Crippen LogP contribution in [-0.2, 0) is 13.0 Å². The van der Waals surface area contributed by atoms with Gasteiger partial charge < -0.3 is 4.90 Å². The molecule has 0 spiro atoms. The van der Waals surface area contributed by atoms with Crippen LogP contribution in [-0.4, -0.2) is 22.9 Å². The fourth-order valence-electron chi connectivity index (χ4n) is 2.37. The van der Waals surface area contributed by atoms with Crippen LogP contribution in [0.2, 0.25) is 0 Å². The molecule has 0 atom stereocenters. The van der Waals surface area contributed by atoms with Gasteiger partial charge in [-0.1, -0.05) is 0 Å². The summed E-state index contributed by atoms with van der Waals surface area (Å²) in [7, 11) is 0. The molecule has 0 aliphatic carbocycles. The predicted molar refractivity (Wildman–Crippen MR) is 55.1 cm³/mol. The zero-order valence-corrected chi connectivity index (χ0v) is 9.05. The lowest BCUT2D eigenvalue weighted by atomic mass is 10.1. The van der Waals surface area contributed by atoms with E-state index in [1.54, 1.807) is 0 Å². The van der Waals surface area contributed by atoms with Crippen LogP contribution < -0.4 is 4.90 Å². The summed E-state index contributed by atoms with van der Waals surface area (Å²) in [6.07, 6.45) is 3.70. The number of aromatic nitrogens is 2. The maximum atomic E-state index is 4.50. The van der Waals surface area contributed by atoms with E-state index >= 15 is 0 Å². The van der Waals surface area contributed by atoms with Crippen molar-refractivity contribution in [2.75, 3.05) is 18.0 Å². The van der Waals surface area contributed by atoms with Crippen molar-refractivity contribution in [3.63, 3.8) is 0 Å². The highest BCUT2D eigenvalue weighted by Crippen LogP contribution is 2.34. The van der Waals surface area contributed by atoms with Gasteiger partial charge in [0.15, 0.2) is 0 Å². The highest BCUT2D eigenvalue weighted by molar-refractivity contribution is 9.10. The van der Waals surface area contributed by atoms with E-state index in [-0.39, 0.29) is 0 Å². The van der Waals surface area contributed by atoms with Gasteiger partial charge in [-0.05, 0) is 35.2 Å². The van der Waals surface area contributed by atoms with Crippen molar-refractivity contribution < 1.29 is 0 Å². The molecule has 0 saturated carbocycles. The summed E-state index contributed by atoms with van der Waals surface area (Å²) in [4.78, 5) is 2.47. The first-order chi connectivity index (χ1) is 6.36. The third kappa shape index (κ3) is 1.04. The molecule has 13 heavy (non-hydrogen) atoms. The van der Waals surface area contributed by atoms with Crippen LogP contribution in [0.4, 0.5) is 5.82 Å². The average molecular weight is 242 g/mol. The molecule has 1 aromatic rings. The van der Waals surface area contributed by atoms with E-state index in [9.17, 15) is 0 Å². The van der Waals surface area contributed by atoms with Gasteiger partial charge >= 0.3 is 0 Å². The molecule has 0 bridgehead atoms. The second-order valence-corrected chi connectivity index (χ2v) is 4.51. The second-order valence-electron chi connectivity index (χ2n) is 3.76. The molecule has 0 radical (unpaired) electrons. The number of hydrogen-bond donors (Lipinski definition) is 0. The molecule has 2 aliphatic heterocycles. The molecule has 3 rings (SSSR count). The van der Waals surface area contributed by atoms with E-state index in [4.69, 9.17) is 0 Å². The summed E-state index contributed by atoms with van der Waals surface area (Å²) >= 11 is 3.54. The Balaban J connectivity index is 2.19. The summed E-state index contributed by atoms with van der Waals surface area (Å²) in [5, 5.41) is 4.50. The minimum absolute atomic E-state index is 1.06. The third-order valence-electron chi connectivity index (χ3n) is 2.92. The maximum Gasteiger partial charge on any atom is 0.133 e. The Labute approximate surface area is 85.8 Å². The first-order valence-corrected chi connectivity index (χ1v) is 5.66. The molecule has 3 nitrogen and oxygen atoms in total. The molecule has 70 valence electrons. The zero-order chi connectivity index (χ0) is 8.84. The van der Waals surface area contributed by atoms with Gasteiger partial charge in [-0.3, -0.25) is 0 Å². The van der Waals surface area contributed by atoms with Gasteiger partial charge in [-0.2, -0.15) is 5.10 Å². The Morgan fingerprint density at radius 2 is 2.00 bits per heavy atom. The monoisotopic (exact) mass is 241 g/mol. The normalized spacial score (nSPS) is 20.2. The van der Waals surface area contributed by atoms with Crippen molar-refractivity contribution in [3.05, 3.63) is 10.2 Å². The number of hydrogen-bond acceptors (Lipinski definition) is 2. The molecule has 0 amide bonds. The molecular weight excluding hydrogens is 230 g/mol. The van der Waals surface area contributed by atoms with Crippen LogP contribution in [0.3, 0.4) is 0 Å². The second kappa shape index (κ2) is 2.74. The number of anilines is 1. The molecule has 0 N–H and O–H groups in total. The van der Waals surface area contributed by atoms with Crippen LogP contribution in [0.25, 0.3) is 0 Å². The van der Waals surface area contributed by atoms with Gasteiger partial charge in [0.1, 0.15) is 10.4 Å². The molecule has 0 aromatic carbocycles. The summed E-state index contributed by atoms with van der Waals surface area (Å²) in [6.45, 7) is 3.51. The predicted octanol–water partition coefficient (Wildman–Crippen LogP) is 1.80. The maximum absolute atomic E-state index is 4.50. The fourth-order valence-corrected chi connectivity index (χ4v) is 2.94. The lowest BCUT2D eigenvalue weighted by Crippen LogP contribution is -2.36. The van der Waals surface area contributed by atoms with Crippen LogP contribution >= 0.6 is 15.9 Å². The van der Waals surface area contributed by atoms with Crippen LogP contribution in [0, 0.1) is 0 Å². The number of nitrogens with zero attached hydrogens (tertiary/aromatic N) is 3. The lowest BCUT2D eigenvalue weighted by Gasteiger charge is -2.33. The molecule has 1 aromatic heterocycles. The zero-order valence-electron chi connectivity index (χ0n) is 7.46. The van der Waals surface area contributed by atoms with Crippen LogP contribution in [0.5, 0.6) is 0 Å². The molecule has 0 saturated heterocycles. The van der Waals surface area contributed by atoms with Crippen LogP contribution in [0.1, 0.15) is 18.4 Å². The smallest absolute Gasteiger partial charge is 0.133 e. The fraction of sp³-hybridized carbons (Fsp3) is 0.667. The standard InChI is InChI=1S/C9H12BrN3/c10-8-7-3-1-4-12-5-2-6-13(11-8)9(7)12/h1-6H2. The lowest BCUT2D eigenvalue weighted by molar-refractivity contribution is 0.503. The van der Waals surface area contributed by atoms with Crippen LogP contribution in [0.15, 0.2) is 4.60 Å². The van der Waals surface area contributed by atoms with Crippen molar-refractivity contribution in [2.24, 2.45) is 0 Å². The first-order valence-electron chi connectivity index (χ1n) is 4.86. The topological polar surface area (TPSA) is 21.1 Å². The minimum Gasteiger partial charge on any atom is -0.356 e. The van der Waals surface area contributed by atoms with E-state index in [0.29, 0.717) is 0 Å². The quantitative estimate of drug-likeness (QED) is 0.691. The summed E-state index contributed by atoms with van der Waals surface area (Å²) in [5.41, 5.74) is 1.42. The Morgan fingerprint density at radius 1 is 1.15 bits per heavy atom. The van der Waals surface area contributed by atoms with Gasteiger partial charge in [-0.15, -0.1) is 0 Å². The number of halogens is 1. The van der Waals surface area contributed by atoms with Gasteiger partial charge in [0.25, 0.3) is 0 Å². The Kier molecular flexibility index (Phi) is 1.65. The van der Waals surface area contributed by atoms with E-state index in [0.717, 1.165) is 11.1 Å². The molecule has 4 heteroatoms. The van der Waals surface area contributed by atoms with Crippen molar-refractivity contribution in [1.82, 2.24) is 9.78 Å². The molecule has 2 aliphatic rings. The average Bonchev–Trinajstić information content (AvgIpc) is 2.47. The molecule has 3 heterocycles. The molecule has 0 unspecified atom stereocenters. The van der Waals surface area contributed by atoms with Crippen molar-refractivity contribution >= 4 is 21.7 Å². The minimum atomic E-state index is 1.06. The Bertz CT molecular complexity index is 343. The van der Waals surface area contributed by atoms with Gasteiger partial charge in [0.2, 0.25) is 0 Å². The SMILES string of the molecule is Brc1nn2c3c1CCCN3CCC2. The van der Waals surface area contributed by atoms with E-state index in [2.05, 4.69) is 30.6 Å². The van der Waals surface area contributed by atoms with E-state index in [1.165, 1.54) is 43.7 Å². The number of rotatable bonds is 0. The van der Waals surface area contributed by atoms with E-state index < -0.39 is 0 Å². The highest BCUT2D eigenvalue weighted by atomic mass is 79.9.